The largest absolute Gasteiger partial charge is 0.497 e. The van der Waals surface area contributed by atoms with E-state index < -0.39 is 0 Å². The first kappa shape index (κ1) is 20.1. The Morgan fingerprint density at radius 3 is 2.72 bits per heavy atom. The van der Waals surface area contributed by atoms with Crippen LogP contribution in [0.1, 0.15) is 5.56 Å². The van der Waals surface area contributed by atoms with Crippen LogP contribution < -0.4 is 10.1 Å². The van der Waals surface area contributed by atoms with E-state index in [1.165, 1.54) is 11.8 Å². The van der Waals surface area contributed by atoms with E-state index in [0.717, 1.165) is 33.8 Å². The summed E-state index contributed by atoms with van der Waals surface area (Å²) in [6, 6.07) is 17.4. The number of benzene rings is 2. The Hall–Kier alpha value is -3.85. The Morgan fingerprint density at radius 1 is 1.09 bits per heavy atom. The molecule has 0 aliphatic rings. The van der Waals surface area contributed by atoms with Crippen LogP contribution in [0.4, 0.5) is 5.69 Å². The molecular weight excluding hydrogens is 424 g/mol. The second kappa shape index (κ2) is 8.35. The van der Waals surface area contributed by atoms with Crippen molar-refractivity contribution in [1.82, 2.24) is 24.2 Å². The molecule has 2 aromatic carbocycles. The molecule has 0 aliphatic heterocycles. The van der Waals surface area contributed by atoms with Crippen LogP contribution in [-0.4, -0.2) is 43.0 Å². The van der Waals surface area contributed by atoms with E-state index in [9.17, 15) is 4.79 Å². The maximum absolute atomic E-state index is 12.4. The van der Waals surface area contributed by atoms with Gasteiger partial charge in [-0.15, -0.1) is 10.2 Å². The highest BCUT2D eigenvalue weighted by Crippen LogP contribution is 2.25. The van der Waals surface area contributed by atoms with Crippen molar-refractivity contribution in [3.63, 3.8) is 0 Å². The third-order valence-corrected chi connectivity index (χ3v) is 5.95. The second-order valence-electron chi connectivity index (χ2n) is 7.27. The van der Waals surface area contributed by atoms with Gasteiger partial charge < -0.3 is 10.1 Å². The average molecular weight is 445 g/mol. The van der Waals surface area contributed by atoms with Crippen molar-refractivity contribution in [3.8, 4) is 17.0 Å². The van der Waals surface area contributed by atoms with Gasteiger partial charge in [0.1, 0.15) is 11.3 Å². The van der Waals surface area contributed by atoms with Gasteiger partial charge in [-0.2, -0.15) is 5.10 Å². The lowest BCUT2D eigenvalue weighted by molar-refractivity contribution is -0.113. The van der Waals surface area contributed by atoms with Gasteiger partial charge in [-0.3, -0.25) is 9.20 Å². The van der Waals surface area contributed by atoms with Crippen LogP contribution in [0, 0.1) is 6.92 Å². The van der Waals surface area contributed by atoms with Crippen LogP contribution in [0.2, 0.25) is 0 Å². The standard InChI is InChI=1S/C23H20N6O2S/c1-15-4-3-5-17(12-15)24-21(30)14-32-23-26-25-22-20-13-19(27-29(20)11-10-28(22)23)16-6-8-18(31-2)9-7-16/h3-13H,14H2,1-2H3,(H,24,30). The summed E-state index contributed by atoms with van der Waals surface area (Å²) in [5.74, 6) is 0.936. The summed E-state index contributed by atoms with van der Waals surface area (Å²) >= 11 is 1.34. The lowest BCUT2D eigenvalue weighted by Crippen LogP contribution is -2.14. The van der Waals surface area contributed by atoms with Gasteiger partial charge in [0.25, 0.3) is 0 Å². The van der Waals surface area contributed by atoms with Gasteiger partial charge in [0.05, 0.1) is 18.6 Å². The summed E-state index contributed by atoms with van der Waals surface area (Å²) in [6.45, 7) is 1.99. The highest BCUT2D eigenvalue weighted by atomic mass is 32.2. The maximum atomic E-state index is 12.4. The normalized spacial score (nSPS) is 11.2. The molecule has 0 saturated carbocycles. The van der Waals surface area contributed by atoms with E-state index in [2.05, 4.69) is 20.6 Å². The monoisotopic (exact) mass is 444 g/mol. The van der Waals surface area contributed by atoms with Crippen LogP contribution in [-0.2, 0) is 4.79 Å². The number of aryl methyl sites for hydroxylation is 1. The molecule has 8 nitrogen and oxygen atoms in total. The van der Waals surface area contributed by atoms with E-state index in [4.69, 9.17) is 4.74 Å². The second-order valence-corrected chi connectivity index (χ2v) is 8.21. The Labute approximate surface area is 188 Å². The molecular formula is C23H20N6O2S. The third-order valence-electron chi connectivity index (χ3n) is 5.01. The van der Waals surface area contributed by atoms with Crippen molar-refractivity contribution < 1.29 is 9.53 Å². The van der Waals surface area contributed by atoms with Gasteiger partial charge in [0, 0.05) is 23.6 Å². The van der Waals surface area contributed by atoms with Crippen LogP contribution >= 0.6 is 11.8 Å². The molecule has 0 spiro atoms. The summed E-state index contributed by atoms with van der Waals surface area (Å²) in [5.41, 5.74) is 5.21. The Morgan fingerprint density at radius 2 is 1.94 bits per heavy atom. The number of anilines is 1. The number of carbonyl (C=O) groups excluding carboxylic acids is 1. The molecule has 1 N–H and O–H groups in total. The summed E-state index contributed by atoms with van der Waals surface area (Å²) < 4.78 is 8.88. The fourth-order valence-corrected chi connectivity index (χ4v) is 4.16. The van der Waals surface area contributed by atoms with Crippen LogP contribution in [0.3, 0.4) is 0 Å². The maximum Gasteiger partial charge on any atom is 0.234 e. The van der Waals surface area contributed by atoms with E-state index >= 15 is 0 Å². The minimum atomic E-state index is -0.0930. The molecule has 0 saturated heterocycles. The van der Waals surface area contributed by atoms with Crippen molar-refractivity contribution in [1.29, 1.82) is 0 Å². The predicted octanol–water partition coefficient (Wildman–Crippen LogP) is 4.09. The summed E-state index contributed by atoms with van der Waals surface area (Å²) in [4.78, 5) is 12.4. The first-order valence-corrected chi connectivity index (χ1v) is 11.0. The van der Waals surface area contributed by atoms with Crippen molar-refractivity contribution in [2.75, 3.05) is 18.2 Å². The van der Waals surface area contributed by atoms with Gasteiger partial charge in [-0.1, -0.05) is 23.9 Å². The quantitative estimate of drug-likeness (QED) is 0.397. The number of hydrogen-bond donors (Lipinski definition) is 1. The molecule has 0 unspecified atom stereocenters. The minimum Gasteiger partial charge on any atom is -0.497 e. The number of methoxy groups -OCH3 is 1. The van der Waals surface area contributed by atoms with Gasteiger partial charge >= 0.3 is 0 Å². The number of nitrogens with zero attached hydrogens (tertiary/aromatic N) is 5. The number of aromatic nitrogens is 5. The van der Waals surface area contributed by atoms with E-state index in [0.29, 0.717) is 10.8 Å². The first-order chi connectivity index (χ1) is 15.6. The zero-order valence-electron chi connectivity index (χ0n) is 17.5. The number of ether oxygens (including phenoxy) is 1. The molecule has 1 amide bonds. The topological polar surface area (TPSA) is 85.8 Å². The molecule has 0 fully saturated rings. The molecule has 0 radical (unpaired) electrons. The summed E-state index contributed by atoms with van der Waals surface area (Å²) in [5, 5.41) is 16.8. The van der Waals surface area contributed by atoms with Crippen molar-refractivity contribution in [2.24, 2.45) is 0 Å². The number of fused-ring (bicyclic) bond motifs is 3. The minimum absolute atomic E-state index is 0.0930. The molecule has 5 aromatic rings. The lowest BCUT2D eigenvalue weighted by atomic mass is 10.1. The van der Waals surface area contributed by atoms with Gasteiger partial charge in [-0.05, 0) is 55.0 Å². The first-order valence-electron chi connectivity index (χ1n) is 9.97. The van der Waals surface area contributed by atoms with Crippen LogP contribution in [0.15, 0.2) is 72.1 Å². The Bertz CT molecular complexity index is 1420. The number of rotatable bonds is 6. The third kappa shape index (κ3) is 3.90. The van der Waals surface area contributed by atoms with Crippen molar-refractivity contribution >= 4 is 34.5 Å². The van der Waals surface area contributed by atoms with E-state index in [-0.39, 0.29) is 11.7 Å². The zero-order valence-corrected chi connectivity index (χ0v) is 18.3. The van der Waals surface area contributed by atoms with Crippen molar-refractivity contribution in [3.05, 3.63) is 72.6 Å². The molecule has 160 valence electrons. The fourth-order valence-electron chi connectivity index (χ4n) is 3.44. The van der Waals surface area contributed by atoms with E-state index in [1.54, 1.807) is 11.6 Å². The molecule has 0 aliphatic carbocycles. The average Bonchev–Trinajstić information content (AvgIpc) is 3.42. The van der Waals surface area contributed by atoms with Gasteiger partial charge in [0.15, 0.2) is 10.8 Å². The molecule has 9 heteroatoms. The summed E-state index contributed by atoms with van der Waals surface area (Å²) in [7, 11) is 1.64. The van der Waals surface area contributed by atoms with Crippen LogP contribution in [0.25, 0.3) is 22.4 Å². The number of amides is 1. The number of carbonyl (C=O) groups is 1. The van der Waals surface area contributed by atoms with Crippen LogP contribution in [0.5, 0.6) is 5.75 Å². The van der Waals surface area contributed by atoms with E-state index in [1.807, 2.05) is 78.3 Å². The van der Waals surface area contributed by atoms with Gasteiger partial charge in [-0.25, -0.2) is 4.52 Å². The molecule has 0 atom stereocenters. The summed E-state index contributed by atoms with van der Waals surface area (Å²) in [6.07, 6.45) is 3.71. The lowest BCUT2D eigenvalue weighted by Gasteiger charge is -2.05. The fraction of sp³-hybridized carbons (Fsp3) is 0.130. The Balaban J connectivity index is 1.36. The molecule has 3 heterocycles. The number of thioether (sulfide) groups is 1. The molecule has 0 bridgehead atoms. The number of nitrogens with one attached hydrogen (secondary N) is 1. The molecule has 5 rings (SSSR count). The molecule has 3 aromatic heterocycles. The smallest absolute Gasteiger partial charge is 0.234 e. The molecule has 32 heavy (non-hydrogen) atoms. The zero-order chi connectivity index (χ0) is 22.1. The highest BCUT2D eigenvalue weighted by Gasteiger charge is 2.14. The highest BCUT2D eigenvalue weighted by molar-refractivity contribution is 7.99. The van der Waals surface area contributed by atoms with Crippen molar-refractivity contribution in [2.45, 2.75) is 12.1 Å². The SMILES string of the molecule is COc1ccc(-c2cc3c4nnc(SCC(=O)Nc5cccc(C)c5)n4ccn3n2)cc1. The number of hydrogen-bond acceptors (Lipinski definition) is 6. The predicted molar refractivity (Wildman–Crippen MR) is 124 cm³/mol. The van der Waals surface area contributed by atoms with Gasteiger partial charge in [0.2, 0.25) is 5.91 Å². The Kier molecular flexibility index (Phi) is 5.24.